The molecule has 2 heterocycles. The van der Waals surface area contributed by atoms with E-state index in [0.29, 0.717) is 6.04 Å². The first-order valence-electron chi connectivity index (χ1n) is 5.08. The van der Waals surface area contributed by atoms with E-state index in [4.69, 9.17) is 0 Å². The van der Waals surface area contributed by atoms with Crippen LogP contribution in [0.1, 0.15) is 12.5 Å². The van der Waals surface area contributed by atoms with Gasteiger partial charge in [0.05, 0.1) is 11.7 Å². The SMILES string of the molecule is C=CC(C)NCc1cnn2ccccc12. The Morgan fingerprint density at radius 2 is 2.47 bits per heavy atom. The Morgan fingerprint density at radius 3 is 3.27 bits per heavy atom. The van der Waals surface area contributed by atoms with Gasteiger partial charge >= 0.3 is 0 Å². The largest absolute Gasteiger partial charge is 0.307 e. The fourth-order valence-electron chi connectivity index (χ4n) is 1.48. The van der Waals surface area contributed by atoms with E-state index >= 15 is 0 Å². The zero-order valence-electron chi connectivity index (χ0n) is 8.85. The van der Waals surface area contributed by atoms with Gasteiger partial charge in [0.25, 0.3) is 0 Å². The molecule has 0 bridgehead atoms. The van der Waals surface area contributed by atoms with Crippen molar-refractivity contribution in [3.8, 4) is 0 Å². The molecule has 0 spiro atoms. The summed E-state index contributed by atoms with van der Waals surface area (Å²) in [6.45, 7) is 6.64. The van der Waals surface area contributed by atoms with Gasteiger partial charge < -0.3 is 5.32 Å². The van der Waals surface area contributed by atoms with E-state index in [0.717, 1.165) is 12.1 Å². The van der Waals surface area contributed by atoms with Gasteiger partial charge in [-0.2, -0.15) is 5.10 Å². The number of pyridine rings is 1. The second-order valence-electron chi connectivity index (χ2n) is 3.61. The van der Waals surface area contributed by atoms with Crippen molar-refractivity contribution < 1.29 is 0 Å². The van der Waals surface area contributed by atoms with Crippen LogP contribution >= 0.6 is 0 Å². The second-order valence-corrected chi connectivity index (χ2v) is 3.61. The summed E-state index contributed by atoms with van der Waals surface area (Å²) in [5.41, 5.74) is 2.37. The number of fused-ring (bicyclic) bond motifs is 1. The predicted octanol–water partition coefficient (Wildman–Crippen LogP) is 2.00. The summed E-state index contributed by atoms with van der Waals surface area (Å²) < 4.78 is 1.88. The molecule has 1 atom stereocenters. The number of hydrogen-bond acceptors (Lipinski definition) is 2. The monoisotopic (exact) mass is 201 g/mol. The molecule has 0 aromatic carbocycles. The van der Waals surface area contributed by atoms with Crippen molar-refractivity contribution in [2.75, 3.05) is 0 Å². The Labute approximate surface area is 89.4 Å². The highest BCUT2D eigenvalue weighted by Crippen LogP contribution is 2.09. The van der Waals surface area contributed by atoms with E-state index in [9.17, 15) is 0 Å². The molecule has 1 N–H and O–H groups in total. The lowest BCUT2D eigenvalue weighted by atomic mass is 10.2. The minimum Gasteiger partial charge on any atom is -0.307 e. The van der Waals surface area contributed by atoms with E-state index in [-0.39, 0.29) is 0 Å². The van der Waals surface area contributed by atoms with Crippen LogP contribution in [0.15, 0.2) is 43.2 Å². The van der Waals surface area contributed by atoms with Crippen molar-refractivity contribution in [2.45, 2.75) is 19.5 Å². The predicted molar refractivity (Wildman–Crippen MR) is 61.7 cm³/mol. The number of aromatic nitrogens is 2. The van der Waals surface area contributed by atoms with E-state index in [2.05, 4.69) is 30.0 Å². The lowest BCUT2D eigenvalue weighted by molar-refractivity contribution is 0.636. The smallest absolute Gasteiger partial charge is 0.0706 e. The molecule has 0 saturated carbocycles. The summed E-state index contributed by atoms with van der Waals surface area (Å²) in [5.74, 6) is 0. The molecule has 0 aliphatic rings. The number of hydrogen-bond donors (Lipinski definition) is 1. The summed E-state index contributed by atoms with van der Waals surface area (Å²) in [7, 11) is 0. The molecule has 3 nitrogen and oxygen atoms in total. The third-order valence-electron chi connectivity index (χ3n) is 2.47. The van der Waals surface area contributed by atoms with Crippen LogP contribution in [0.25, 0.3) is 5.52 Å². The first kappa shape index (κ1) is 9.93. The van der Waals surface area contributed by atoms with Crippen LogP contribution < -0.4 is 5.32 Å². The summed E-state index contributed by atoms with van der Waals surface area (Å²) in [6, 6.07) is 6.40. The highest BCUT2D eigenvalue weighted by molar-refractivity contribution is 5.53. The summed E-state index contributed by atoms with van der Waals surface area (Å²) in [4.78, 5) is 0. The Balaban J connectivity index is 2.18. The highest BCUT2D eigenvalue weighted by Gasteiger charge is 2.03. The summed E-state index contributed by atoms with van der Waals surface area (Å²) in [6.07, 6.45) is 5.75. The van der Waals surface area contributed by atoms with Crippen molar-refractivity contribution in [3.63, 3.8) is 0 Å². The minimum absolute atomic E-state index is 0.323. The van der Waals surface area contributed by atoms with Gasteiger partial charge in [-0.25, -0.2) is 4.52 Å². The second kappa shape index (κ2) is 4.28. The van der Waals surface area contributed by atoms with E-state index in [1.807, 2.05) is 35.1 Å². The standard InChI is InChI=1S/C12H15N3/c1-3-10(2)13-8-11-9-14-15-7-5-4-6-12(11)15/h3-7,9-10,13H,1,8H2,2H3. The van der Waals surface area contributed by atoms with Gasteiger partial charge in [0.15, 0.2) is 0 Å². The van der Waals surface area contributed by atoms with Gasteiger partial charge in [-0.05, 0) is 19.1 Å². The Kier molecular flexibility index (Phi) is 2.83. The van der Waals surface area contributed by atoms with Crippen LogP contribution in [0, 0.1) is 0 Å². The van der Waals surface area contributed by atoms with Gasteiger partial charge in [-0.3, -0.25) is 0 Å². The summed E-state index contributed by atoms with van der Waals surface area (Å²) in [5, 5.41) is 7.63. The van der Waals surface area contributed by atoms with Gasteiger partial charge in [-0.1, -0.05) is 12.1 Å². The molecule has 0 aliphatic heterocycles. The number of rotatable bonds is 4. The zero-order chi connectivity index (χ0) is 10.7. The normalized spacial score (nSPS) is 12.9. The third kappa shape index (κ3) is 2.07. The molecular formula is C12H15N3. The van der Waals surface area contributed by atoms with Gasteiger partial charge in [-0.15, -0.1) is 6.58 Å². The molecule has 2 aromatic rings. The third-order valence-corrected chi connectivity index (χ3v) is 2.47. The average Bonchev–Trinajstić information content (AvgIpc) is 2.69. The van der Waals surface area contributed by atoms with Crippen molar-refractivity contribution in [1.29, 1.82) is 0 Å². The van der Waals surface area contributed by atoms with Crippen molar-refractivity contribution in [2.24, 2.45) is 0 Å². The molecule has 0 saturated heterocycles. The minimum atomic E-state index is 0.323. The van der Waals surface area contributed by atoms with E-state index in [1.165, 1.54) is 5.56 Å². The maximum atomic E-state index is 4.27. The average molecular weight is 201 g/mol. The molecule has 0 aliphatic carbocycles. The van der Waals surface area contributed by atoms with Crippen molar-refractivity contribution >= 4 is 5.52 Å². The molecule has 2 aromatic heterocycles. The Hall–Kier alpha value is -1.61. The Morgan fingerprint density at radius 1 is 1.60 bits per heavy atom. The van der Waals surface area contributed by atoms with Gasteiger partial charge in [0, 0.05) is 24.3 Å². The first-order chi connectivity index (χ1) is 7.31. The van der Waals surface area contributed by atoms with Crippen LogP contribution in [0.5, 0.6) is 0 Å². The Bertz CT molecular complexity index is 459. The van der Waals surface area contributed by atoms with E-state index < -0.39 is 0 Å². The first-order valence-corrected chi connectivity index (χ1v) is 5.08. The van der Waals surface area contributed by atoms with Crippen molar-refractivity contribution in [1.82, 2.24) is 14.9 Å². The molecule has 0 amide bonds. The number of nitrogens with one attached hydrogen (secondary N) is 1. The molecule has 1 unspecified atom stereocenters. The van der Waals surface area contributed by atoms with Crippen LogP contribution in [0.3, 0.4) is 0 Å². The van der Waals surface area contributed by atoms with E-state index in [1.54, 1.807) is 0 Å². The molecule has 15 heavy (non-hydrogen) atoms. The lowest BCUT2D eigenvalue weighted by Crippen LogP contribution is -2.22. The lowest BCUT2D eigenvalue weighted by Gasteiger charge is -2.07. The maximum absolute atomic E-state index is 4.27. The maximum Gasteiger partial charge on any atom is 0.0706 e. The number of nitrogens with zero attached hydrogens (tertiary/aromatic N) is 2. The zero-order valence-corrected chi connectivity index (χ0v) is 8.85. The highest BCUT2D eigenvalue weighted by atomic mass is 15.2. The molecule has 0 radical (unpaired) electrons. The topological polar surface area (TPSA) is 29.3 Å². The fraction of sp³-hybridized carbons (Fsp3) is 0.250. The molecular weight excluding hydrogens is 186 g/mol. The summed E-state index contributed by atoms with van der Waals surface area (Å²) >= 11 is 0. The molecule has 3 heteroatoms. The van der Waals surface area contributed by atoms with Gasteiger partial charge in [0.1, 0.15) is 0 Å². The fourth-order valence-corrected chi connectivity index (χ4v) is 1.48. The van der Waals surface area contributed by atoms with Crippen LogP contribution in [-0.2, 0) is 6.54 Å². The molecule has 78 valence electrons. The van der Waals surface area contributed by atoms with Crippen LogP contribution in [-0.4, -0.2) is 15.7 Å². The molecule has 0 fully saturated rings. The van der Waals surface area contributed by atoms with Gasteiger partial charge in [0.2, 0.25) is 0 Å². The van der Waals surface area contributed by atoms with Crippen LogP contribution in [0.2, 0.25) is 0 Å². The quantitative estimate of drug-likeness (QED) is 0.767. The van der Waals surface area contributed by atoms with Crippen molar-refractivity contribution in [3.05, 3.63) is 48.8 Å². The molecule has 2 rings (SSSR count). The van der Waals surface area contributed by atoms with Crippen LogP contribution in [0.4, 0.5) is 0 Å².